The summed E-state index contributed by atoms with van der Waals surface area (Å²) in [7, 11) is -4.02. The van der Waals surface area contributed by atoms with Gasteiger partial charge in [0, 0.05) is 12.2 Å². The molecule has 20 heavy (non-hydrogen) atoms. The Bertz CT molecular complexity index is 593. The van der Waals surface area contributed by atoms with Crippen molar-refractivity contribution in [2.24, 2.45) is 0 Å². The molecule has 8 heteroatoms. The highest BCUT2D eigenvalue weighted by atomic mass is 32.2. The number of carbonyl (C=O) groups excluding carboxylic acids is 1. The van der Waals surface area contributed by atoms with Crippen molar-refractivity contribution in [2.45, 2.75) is 24.3 Å². The summed E-state index contributed by atoms with van der Waals surface area (Å²) in [5, 5.41) is 17.6. The SMILES string of the molecule is CC(=O)c1ccc(S(=O)(=O)NC(CCO)C(=O)O)cc1. The zero-order chi connectivity index (χ0) is 15.3. The smallest absolute Gasteiger partial charge is 0.321 e. The van der Waals surface area contributed by atoms with Crippen LogP contribution in [-0.4, -0.2) is 43.0 Å². The maximum Gasteiger partial charge on any atom is 0.321 e. The lowest BCUT2D eigenvalue weighted by Crippen LogP contribution is -2.41. The predicted molar refractivity (Wildman–Crippen MR) is 69.9 cm³/mol. The summed E-state index contributed by atoms with van der Waals surface area (Å²) < 4.78 is 25.9. The van der Waals surface area contributed by atoms with E-state index in [1.165, 1.54) is 31.2 Å². The van der Waals surface area contributed by atoms with E-state index in [-0.39, 0.29) is 17.1 Å². The fraction of sp³-hybridized carbons (Fsp3) is 0.333. The number of sulfonamides is 1. The third-order valence-electron chi connectivity index (χ3n) is 2.58. The highest BCUT2D eigenvalue weighted by molar-refractivity contribution is 7.89. The molecular formula is C12H15NO6S. The van der Waals surface area contributed by atoms with E-state index in [1.54, 1.807) is 0 Å². The van der Waals surface area contributed by atoms with E-state index in [9.17, 15) is 18.0 Å². The van der Waals surface area contributed by atoms with Crippen LogP contribution < -0.4 is 4.72 Å². The van der Waals surface area contributed by atoms with Crippen molar-refractivity contribution in [3.8, 4) is 0 Å². The first kappa shape index (κ1) is 16.3. The number of hydrogen-bond donors (Lipinski definition) is 3. The number of aliphatic hydroxyl groups is 1. The van der Waals surface area contributed by atoms with Crippen molar-refractivity contribution in [1.29, 1.82) is 0 Å². The Kier molecular flexibility index (Phi) is 5.37. The minimum absolute atomic E-state index is 0.147. The van der Waals surface area contributed by atoms with Crippen LogP contribution in [0.5, 0.6) is 0 Å². The van der Waals surface area contributed by atoms with Gasteiger partial charge in [0.15, 0.2) is 5.78 Å². The molecule has 0 aliphatic rings. The first-order chi connectivity index (χ1) is 9.27. The molecule has 1 rings (SSSR count). The van der Waals surface area contributed by atoms with E-state index in [1.807, 2.05) is 4.72 Å². The van der Waals surface area contributed by atoms with E-state index >= 15 is 0 Å². The number of Topliss-reactive ketones (excluding diaryl/α,β-unsaturated/α-hetero) is 1. The standard InChI is InChI=1S/C12H15NO6S/c1-8(15)9-2-4-10(5-3-9)20(18,19)13-11(6-7-14)12(16)17/h2-5,11,13-14H,6-7H2,1H3,(H,16,17). The molecule has 0 bridgehead atoms. The largest absolute Gasteiger partial charge is 0.480 e. The zero-order valence-electron chi connectivity index (χ0n) is 10.7. The van der Waals surface area contributed by atoms with E-state index in [2.05, 4.69) is 0 Å². The summed E-state index contributed by atoms with van der Waals surface area (Å²) in [6, 6.07) is 3.73. The van der Waals surface area contributed by atoms with Gasteiger partial charge in [0.1, 0.15) is 6.04 Å². The summed E-state index contributed by atoms with van der Waals surface area (Å²) >= 11 is 0. The van der Waals surface area contributed by atoms with Crippen molar-refractivity contribution in [1.82, 2.24) is 4.72 Å². The van der Waals surface area contributed by atoms with Crippen molar-refractivity contribution in [2.75, 3.05) is 6.61 Å². The first-order valence-corrected chi connectivity index (χ1v) is 7.23. The van der Waals surface area contributed by atoms with Crippen LogP contribution in [0.3, 0.4) is 0 Å². The zero-order valence-corrected chi connectivity index (χ0v) is 11.6. The molecule has 0 aromatic heterocycles. The lowest BCUT2D eigenvalue weighted by atomic mass is 10.2. The molecule has 1 aromatic rings. The lowest BCUT2D eigenvalue weighted by Gasteiger charge is -2.13. The van der Waals surface area contributed by atoms with Crippen molar-refractivity contribution >= 4 is 21.8 Å². The molecule has 0 spiro atoms. The lowest BCUT2D eigenvalue weighted by molar-refractivity contribution is -0.139. The van der Waals surface area contributed by atoms with Gasteiger partial charge in [-0.25, -0.2) is 8.42 Å². The molecule has 1 unspecified atom stereocenters. The van der Waals surface area contributed by atoms with Crippen LogP contribution in [0.25, 0.3) is 0 Å². The summed E-state index contributed by atoms with van der Waals surface area (Å²) in [6.45, 7) is 0.895. The third-order valence-corrected chi connectivity index (χ3v) is 4.07. The molecule has 1 atom stereocenters. The van der Waals surface area contributed by atoms with E-state index < -0.39 is 28.6 Å². The maximum atomic E-state index is 12.0. The fourth-order valence-electron chi connectivity index (χ4n) is 1.49. The number of carboxylic acids is 1. The van der Waals surface area contributed by atoms with Gasteiger partial charge in [-0.2, -0.15) is 4.72 Å². The van der Waals surface area contributed by atoms with Gasteiger partial charge >= 0.3 is 5.97 Å². The molecule has 0 aliphatic heterocycles. The summed E-state index contributed by atoms with van der Waals surface area (Å²) in [5.41, 5.74) is 0.356. The second-order valence-electron chi connectivity index (χ2n) is 4.10. The van der Waals surface area contributed by atoms with Gasteiger partial charge in [-0.3, -0.25) is 9.59 Å². The molecule has 7 nitrogen and oxygen atoms in total. The van der Waals surface area contributed by atoms with Crippen LogP contribution in [0.4, 0.5) is 0 Å². The van der Waals surface area contributed by atoms with Crippen LogP contribution in [-0.2, 0) is 14.8 Å². The Balaban J connectivity index is 2.98. The van der Waals surface area contributed by atoms with Crippen molar-refractivity contribution < 1.29 is 28.2 Å². The summed E-state index contributed by atoms with van der Waals surface area (Å²) in [6.07, 6.45) is -0.236. The number of hydrogen-bond acceptors (Lipinski definition) is 5. The molecule has 3 N–H and O–H groups in total. The molecule has 0 fully saturated rings. The molecule has 0 radical (unpaired) electrons. The van der Waals surface area contributed by atoms with Gasteiger partial charge in [-0.1, -0.05) is 12.1 Å². The normalized spacial score (nSPS) is 12.9. The summed E-state index contributed by atoms with van der Waals surface area (Å²) in [4.78, 5) is 21.8. The number of nitrogens with one attached hydrogen (secondary N) is 1. The molecular weight excluding hydrogens is 286 g/mol. The molecule has 0 heterocycles. The minimum atomic E-state index is -4.02. The number of benzene rings is 1. The maximum absolute atomic E-state index is 12.0. The van der Waals surface area contributed by atoms with Gasteiger partial charge in [0.25, 0.3) is 0 Å². The fourth-order valence-corrected chi connectivity index (χ4v) is 2.71. The van der Waals surface area contributed by atoms with Crippen LogP contribution in [0.15, 0.2) is 29.2 Å². The topological polar surface area (TPSA) is 121 Å². The van der Waals surface area contributed by atoms with Crippen LogP contribution >= 0.6 is 0 Å². The van der Waals surface area contributed by atoms with Crippen molar-refractivity contribution in [3.63, 3.8) is 0 Å². The Morgan fingerprint density at radius 3 is 2.20 bits per heavy atom. The highest BCUT2D eigenvalue weighted by Gasteiger charge is 2.24. The van der Waals surface area contributed by atoms with Crippen LogP contribution in [0.1, 0.15) is 23.7 Å². The second-order valence-corrected chi connectivity index (χ2v) is 5.82. The molecule has 0 saturated carbocycles. The van der Waals surface area contributed by atoms with E-state index in [0.717, 1.165) is 0 Å². The summed E-state index contributed by atoms with van der Waals surface area (Å²) in [5.74, 6) is -1.58. The minimum Gasteiger partial charge on any atom is -0.480 e. The van der Waals surface area contributed by atoms with Gasteiger partial charge in [0.2, 0.25) is 10.0 Å². The van der Waals surface area contributed by atoms with E-state index in [0.29, 0.717) is 5.56 Å². The van der Waals surface area contributed by atoms with Gasteiger partial charge in [0.05, 0.1) is 4.90 Å². The van der Waals surface area contributed by atoms with Crippen LogP contribution in [0.2, 0.25) is 0 Å². The molecule has 110 valence electrons. The molecule has 1 aromatic carbocycles. The first-order valence-electron chi connectivity index (χ1n) is 5.75. The monoisotopic (exact) mass is 301 g/mol. The predicted octanol–water partition coefficient (Wildman–Crippen LogP) is 0.00310. The van der Waals surface area contributed by atoms with E-state index in [4.69, 9.17) is 10.2 Å². The Hall–Kier alpha value is -1.77. The third kappa shape index (κ3) is 4.12. The average molecular weight is 301 g/mol. The molecule has 0 amide bonds. The quantitative estimate of drug-likeness (QED) is 0.610. The number of carbonyl (C=O) groups is 2. The average Bonchev–Trinajstić information content (AvgIpc) is 2.38. The number of rotatable bonds is 7. The number of aliphatic carboxylic acids is 1. The van der Waals surface area contributed by atoms with Gasteiger partial charge < -0.3 is 10.2 Å². The second kappa shape index (κ2) is 6.60. The number of aliphatic hydroxyl groups excluding tert-OH is 1. The van der Waals surface area contributed by atoms with Gasteiger partial charge in [-0.15, -0.1) is 0 Å². The Morgan fingerprint density at radius 1 is 1.25 bits per heavy atom. The highest BCUT2D eigenvalue weighted by Crippen LogP contribution is 2.12. The van der Waals surface area contributed by atoms with Gasteiger partial charge in [-0.05, 0) is 25.5 Å². The van der Waals surface area contributed by atoms with Crippen molar-refractivity contribution in [3.05, 3.63) is 29.8 Å². The number of carboxylic acid groups (broad SMARTS) is 1. The Labute approximate surface area is 116 Å². The van der Waals surface area contributed by atoms with Crippen LogP contribution in [0, 0.1) is 0 Å². The molecule has 0 aliphatic carbocycles. The number of ketones is 1. The Morgan fingerprint density at radius 2 is 1.80 bits per heavy atom. The molecule has 0 saturated heterocycles.